The van der Waals surface area contributed by atoms with E-state index in [1.165, 1.54) is 133 Å². The highest BCUT2D eigenvalue weighted by Gasteiger charge is 2.53. The van der Waals surface area contributed by atoms with Crippen molar-refractivity contribution in [2.45, 2.75) is 231 Å². The fourth-order valence-corrected chi connectivity index (χ4v) is 8.33. The van der Waals surface area contributed by atoms with Crippen molar-refractivity contribution in [2.75, 3.05) is 26.2 Å². The van der Waals surface area contributed by atoms with Crippen LogP contribution < -0.4 is 11.1 Å². The van der Waals surface area contributed by atoms with E-state index in [9.17, 15) is 29.7 Å². The van der Waals surface area contributed by atoms with E-state index in [4.69, 9.17) is 15.2 Å². The Morgan fingerprint density at radius 3 is 1.54 bits per heavy atom. The Kier molecular flexibility index (Phi) is 31.8. The molecule has 5 atom stereocenters. The molecule has 4 amide bonds. The molecule has 1 saturated heterocycles. The highest BCUT2D eigenvalue weighted by molar-refractivity contribution is 5.93. The van der Waals surface area contributed by atoms with Crippen LogP contribution in [0.3, 0.4) is 0 Å². The van der Waals surface area contributed by atoms with E-state index >= 15 is 0 Å². The first-order valence-corrected chi connectivity index (χ1v) is 24.7. The maximum Gasteiger partial charge on any atom is 0.417 e. The summed E-state index contributed by atoms with van der Waals surface area (Å²) < 4.78 is 11.7. The van der Waals surface area contributed by atoms with Crippen molar-refractivity contribution >= 4 is 18.0 Å². The van der Waals surface area contributed by atoms with E-state index in [-0.39, 0.29) is 13.2 Å². The Labute approximate surface area is 370 Å². The smallest absolute Gasteiger partial charge is 0.417 e. The van der Waals surface area contributed by atoms with Gasteiger partial charge in [0.2, 0.25) is 5.91 Å². The number of aliphatic hydroxyl groups excluding tert-OH is 3. The zero-order chi connectivity index (χ0) is 44.3. The van der Waals surface area contributed by atoms with Crippen molar-refractivity contribution in [3.63, 3.8) is 0 Å². The minimum Gasteiger partial charge on any atom is -0.444 e. The molecule has 1 aliphatic rings. The van der Waals surface area contributed by atoms with Gasteiger partial charge in [-0.2, -0.15) is 0 Å². The van der Waals surface area contributed by atoms with E-state index < -0.39 is 61.8 Å². The number of ether oxygens (including phenoxy) is 2. The summed E-state index contributed by atoms with van der Waals surface area (Å²) in [5.41, 5.74) is 6.46. The first-order chi connectivity index (χ1) is 29.8. The predicted octanol–water partition coefficient (Wildman–Crippen LogP) is 9.89. The van der Waals surface area contributed by atoms with Crippen LogP contribution in [-0.4, -0.2) is 100.0 Å². The summed E-state index contributed by atoms with van der Waals surface area (Å²) in [6.07, 6.45) is 26.4. The molecule has 61 heavy (non-hydrogen) atoms. The van der Waals surface area contributed by atoms with Crippen molar-refractivity contribution < 1.29 is 39.2 Å². The number of rotatable bonds is 36. The minimum absolute atomic E-state index is 0.160. The highest BCUT2D eigenvalue weighted by atomic mass is 16.6. The molecule has 0 unspecified atom stereocenters. The van der Waals surface area contributed by atoms with Crippen molar-refractivity contribution in [1.82, 2.24) is 15.1 Å². The summed E-state index contributed by atoms with van der Waals surface area (Å²) in [7, 11) is 0. The highest BCUT2D eigenvalue weighted by Crippen LogP contribution is 2.29. The maximum atomic E-state index is 14.1. The fourth-order valence-electron chi connectivity index (χ4n) is 8.33. The molecule has 0 bridgehead atoms. The van der Waals surface area contributed by atoms with Gasteiger partial charge in [0.15, 0.2) is 6.23 Å². The lowest BCUT2D eigenvalue weighted by Gasteiger charge is -2.49. The lowest BCUT2D eigenvalue weighted by Crippen LogP contribution is -2.71. The molecule has 2 rings (SSSR count). The molecular weight excluding hydrogens is 773 g/mol. The van der Waals surface area contributed by atoms with Crippen LogP contribution in [0.1, 0.15) is 199 Å². The Hall–Kier alpha value is -2.77. The molecule has 1 aliphatic heterocycles. The van der Waals surface area contributed by atoms with Crippen molar-refractivity contribution in [3.8, 4) is 0 Å². The minimum atomic E-state index is -1.77. The summed E-state index contributed by atoms with van der Waals surface area (Å²) in [6.45, 7) is 3.70. The normalized spacial score (nSPS) is 18.8. The first-order valence-electron chi connectivity index (χ1n) is 24.7. The standard InChI is InChI=1S/C49H88N4O8/c1-3-5-7-9-11-13-15-17-18-19-20-21-23-25-27-32-36-51-48(58)52(37-33-28-26-24-22-16-14-12-10-8-6-4-2)47-44(46(57)45(56)42(39-54)61-47)53(43(55)38-50)49(59)60-40-41-34-30-29-31-35-41/h29-31,34-35,42,44-47,54,56-57H,3-28,32-33,36-40,50H2,1-2H3,(H,51,58)/t42-,44-,45+,46-,47-/m1/s1. The van der Waals surface area contributed by atoms with Crippen LogP contribution in [0.2, 0.25) is 0 Å². The topological polar surface area (TPSA) is 175 Å². The fraction of sp³-hybridized carbons (Fsp3) is 0.816. The van der Waals surface area contributed by atoms with Crippen LogP contribution in [-0.2, 0) is 20.9 Å². The largest absolute Gasteiger partial charge is 0.444 e. The second-order valence-corrected chi connectivity index (χ2v) is 17.3. The Morgan fingerprint density at radius 1 is 0.656 bits per heavy atom. The van der Waals surface area contributed by atoms with Gasteiger partial charge >= 0.3 is 12.1 Å². The number of hydrogen-bond donors (Lipinski definition) is 5. The molecule has 0 saturated carbocycles. The molecular formula is C49H88N4O8. The Morgan fingerprint density at radius 2 is 1.10 bits per heavy atom. The van der Waals surface area contributed by atoms with E-state index in [0.717, 1.165) is 44.9 Å². The van der Waals surface area contributed by atoms with Crippen LogP contribution >= 0.6 is 0 Å². The summed E-state index contributed by atoms with van der Waals surface area (Å²) in [5, 5.41) is 35.8. The number of carbonyl (C=O) groups excluding carboxylic acids is 3. The van der Waals surface area contributed by atoms with Crippen LogP contribution in [0, 0.1) is 0 Å². The quantitative estimate of drug-likeness (QED) is 0.0412. The molecule has 6 N–H and O–H groups in total. The Bertz CT molecular complexity index is 1240. The number of urea groups is 1. The van der Waals surface area contributed by atoms with Gasteiger partial charge in [0.1, 0.15) is 31.0 Å². The molecule has 0 aromatic heterocycles. The molecule has 1 aromatic rings. The van der Waals surface area contributed by atoms with Crippen molar-refractivity contribution in [3.05, 3.63) is 35.9 Å². The van der Waals surface area contributed by atoms with Crippen molar-refractivity contribution in [2.24, 2.45) is 5.73 Å². The van der Waals surface area contributed by atoms with Gasteiger partial charge in [-0.1, -0.05) is 211 Å². The second-order valence-electron chi connectivity index (χ2n) is 17.3. The van der Waals surface area contributed by atoms with Gasteiger partial charge < -0.3 is 35.8 Å². The second kappa shape index (κ2) is 35.7. The van der Waals surface area contributed by atoms with Gasteiger partial charge in [-0.15, -0.1) is 0 Å². The molecule has 1 fully saturated rings. The third-order valence-electron chi connectivity index (χ3n) is 12.1. The molecule has 352 valence electrons. The lowest BCUT2D eigenvalue weighted by molar-refractivity contribution is -0.238. The molecule has 1 heterocycles. The van der Waals surface area contributed by atoms with E-state index in [1.54, 1.807) is 24.3 Å². The van der Waals surface area contributed by atoms with Gasteiger partial charge in [-0.05, 0) is 18.4 Å². The Balaban J connectivity index is 2.02. The average molecular weight is 861 g/mol. The van der Waals surface area contributed by atoms with Crippen LogP contribution in [0.5, 0.6) is 0 Å². The number of nitrogens with two attached hydrogens (primary N) is 1. The predicted molar refractivity (Wildman–Crippen MR) is 245 cm³/mol. The van der Waals surface area contributed by atoms with Crippen LogP contribution in [0.25, 0.3) is 0 Å². The number of amides is 4. The number of hydrogen-bond acceptors (Lipinski definition) is 9. The number of nitrogens with one attached hydrogen (secondary N) is 1. The maximum absolute atomic E-state index is 14.1. The molecule has 0 radical (unpaired) electrons. The number of nitrogens with zero attached hydrogens (tertiary/aromatic N) is 2. The molecule has 0 aliphatic carbocycles. The number of aliphatic hydroxyl groups is 3. The van der Waals surface area contributed by atoms with Gasteiger partial charge in [0.05, 0.1) is 13.2 Å². The summed E-state index contributed by atoms with van der Waals surface area (Å²) >= 11 is 0. The summed E-state index contributed by atoms with van der Waals surface area (Å²) in [6, 6.07) is 6.90. The van der Waals surface area contributed by atoms with E-state index in [0.29, 0.717) is 23.4 Å². The monoisotopic (exact) mass is 861 g/mol. The zero-order valence-corrected chi connectivity index (χ0v) is 38.5. The third kappa shape index (κ3) is 22.9. The molecule has 0 spiro atoms. The average Bonchev–Trinajstić information content (AvgIpc) is 3.27. The summed E-state index contributed by atoms with van der Waals surface area (Å²) in [4.78, 5) is 43.3. The number of benzene rings is 1. The van der Waals surface area contributed by atoms with E-state index in [2.05, 4.69) is 19.2 Å². The number of imide groups is 1. The number of unbranched alkanes of at least 4 members (excludes halogenated alkanes) is 26. The van der Waals surface area contributed by atoms with Gasteiger partial charge in [-0.3, -0.25) is 9.69 Å². The number of carbonyl (C=O) groups is 3. The van der Waals surface area contributed by atoms with Crippen LogP contribution in [0.15, 0.2) is 30.3 Å². The third-order valence-corrected chi connectivity index (χ3v) is 12.1. The van der Waals surface area contributed by atoms with E-state index in [1.807, 2.05) is 6.07 Å². The van der Waals surface area contributed by atoms with Gasteiger partial charge in [-0.25, -0.2) is 14.5 Å². The zero-order valence-electron chi connectivity index (χ0n) is 38.5. The van der Waals surface area contributed by atoms with Crippen molar-refractivity contribution in [1.29, 1.82) is 0 Å². The first kappa shape index (κ1) is 54.4. The molecule has 12 nitrogen and oxygen atoms in total. The van der Waals surface area contributed by atoms with Crippen LogP contribution in [0.4, 0.5) is 9.59 Å². The molecule has 1 aromatic carbocycles. The lowest BCUT2D eigenvalue weighted by atomic mass is 9.93. The SMILES string of the molecule is CCCCCCCCCCCCCCCCCCNC(=O)N(CCCCCCCCCCCCCC)[C@@H]1O[C@H](CO)[C@H](O)[C@H](O)[C@H]1N(C(=O)CN)C(=O)OCc1ccccc1. The summed E-state index contributed by atoms with van der Waals surface area (Å²) in [5.74, 6) is -0.871. The van der Waals surface area contributed by atoms with Gasteiger partial charge in [0, 0.05) is 13.1 Å². The molecule has 12 heteroatoms. The van der Waals surface area contributed by atoms with Gasteiger partial charge in [0.25, 0.3) is 0 Å².